The van der Waals surface area contributed by atoms with Crippen LogP contribution in [0, 0.1) is 0 Å². The van der Waals surface area contributed by atoms with Crippen molar-refractivity contribution in [3.63, 3.8) is 0 Å². The monoisotopic (exact) mass is 291 g/mol. The van der Waals surface area contributed by atoms with Gasteiger partial charge in [0.15, 0.2) is 5.13 Å². The lowest BCUT2D eigenvalue weighted by molar-refractivity contribution is -0.118. The quantitative estimate of drug-likeness (QED) is 0.878. The number of thiazole rings is 1. The van der Waals surface area contributed by atoms with E-state index in [-0.39, 0.29) is 24.9 Å². The molecule has 3 N–H and O–H groups in total. The molecule has 0 spiro atoms. The smallest absolute Gasteiger partial charge is 0.245 e. The fourth-order valence-corrected chi connectivity index (χ4v) is 2.91. The predicted octanol–water partition coefficient (Wildman–Crippen LogP) is 1.36. The number of carbonyl (C=O) groups excluding carboxylic acids is 1. The molecule has 1 amide bonds. The van der Waals surface area contributed by atoms with Crippen molar-refractivity contribution in [1.82, 2.24) is 4.98 Å². The van der Waals surface area contributed by atoms with E-state index < -0.39 is 6.04 Å². The van der Waals surface area contributed by atoms with Crippen LogP contribution in [0.1, 0.15) is 23.4 Å². The van der Waals surface area contributed by atoms with Gasteiger partial charge in [-0.1, -0.05) is 0 Å². The third kappa shape index (κ3) is 3.65. The predicted molar refractivity (Wildman–Crippen MR) is 74.5 cm³/mol. The number of anilines is 1. The van der Waals surface area contributed by atoms with Crippen molar-refractivity contribution in [1.29, 1.82) is 0 Å². The number of fused-ring (bicyclic) bond motifs is 1. The lowest BCUT2D eigenvalue weighted by Crippen LogP contribution is -2.39. The number of hydrogen-bond donors (Lipinski definition) is 2. The Hall–Kier alpha value is -0.690. The van der Waals surface area contributed by atoms with Crippen molar-refractivity contribution in [3.8, 4) is 0 Å². The number of halogens is 1. The molecule has 0 saturated heterocycles. The van der Waals surface area contributed by atoms with Crippen LogP contribution >= 0.6 is 23.7 Å². The van der Waals surface area contributed by atoms with Crippen LogP contribution in [0.15, 0.2) is 0 Å². The maximum atomic E-state index is 11.7. The van der Waals surface area contributed by atoms with Crippen LogP contribution in [0.3, 0.4) is 0 Å². The molecule has 0 saturated carbocycles. The average molecular weight is 292 g/mol. The summed E-state index contributed by atoms with van der Waals surface area (Å²) < 4.78 is 4.84. The van der Waals surface area contributed by atoms with Crippen LogP contribution in [-0.4, -0.2) is 30.6 Å². The highest BCUT2D eigenvalue weighted by molar-refractivity contribution is 7.15. The number of nitrogens with one attached hydrogen (secondary N) is 1. The van der Waals surface area contributed by atoms with E-state index in [0.717, 1.165) is 18.5 Å². The standard InChI is InChI=1S/C11H17N3O2S.ClH/c1-16-6-7(12)10(15)14-11-13-8-4-2-3-5-9(8)17-11;/h7H,2-6,12H2,1H3,(H,13,14,15);1H. The Morgan fingerprint density at radius 3 is 2.94 bits per heavy atom. The molecule has 18 heavy (non-hydrogen) atoms. The fraction of sp³-hybridized carbons (Fsp3) is 0.636. The summed E-state index contributed by atoms with van der Waals surface area (Å²) >= 11 is 1.56. The number of nitrogens with two attached hydrogens (primary N) is 1. The van der Waals surface area contributed by atoms with Crippen LogP contribution in [0.25, 0.3) is 0 Å². The van der Waals surface area contributed by atoms with Crippen molar-refractivity contribution in [3.05, 3.63) is 10.6 Å². The first-order valence-corrected chi connectivity index (χ1v) is 6.56. The van der Waals surface area contributed by atoms with Crippen LogP contribution < -0.4 is 11.1 Å². The summed E-state index contributed by atoms with van der Waals surface area (Å²) in [5.41, 5.74) is 6.77. The van der Waals surface area contributed by atoms with Gasteiger partial charge in [0.1, 0.15) is 6.04 Å². The van der Waals surface area contributed by atoms with E-state index in [1.807, 2.05) is 0 Å². The number of methoxy groups -OCH3 is 1. The minimum atomic E-state index is -0.638. The summed E-state index contributed by atoms with van der Waals surface area (Å²) in [5, 5.41) is 3.41. The second kappa shape index (κ2) is 7.04. The minimum Gasteiger partial charge on any atom is -0.383 e. The molecule has 1 aliphatic carbocycles. The molecule has 0 aromatic carbocycles. The molecule has 7 heteroatoms. The Labute approximate surface area is 117 Å². The van der Waals surface area contributed by atoms with Crippen LogP contribution in [-0.2, 0) is 22.4 Å². The zero-order chi connectivity index (χ0) is 12.3. The molecule has 1 aromatic heterocycles. The highest BCUT2D eigenvalue weighted by Gasteiger charge is 2.18. The van der Waals surface area contributed by atoms with E-state index in [0.29, 0.717) is 5.13 Å². The Bertz CT molecular complexity index is 387. The van der Waals surface area contributed by atoms with E-state index in [1.54, 1.807) is 11.3 Å². The van der Waals surface area contributed by atoms with Crippen molar-refractivity contribution >= 4 is 34.8 Å². The first-order valence-electron chi connectivity index (χ1n) is 5.74. The molecule has 102 valence electrons. The molecule has 1 aliphatic rings. The second-order valence-corrected chi connectivity index (χ2v) is 5.23. The van der Waals surface area contributed by atoms with E-state index in [2.05, 4.69) is 10.3 Å². The molecule has 1 unspecified atom stereocenters. The average Bonchev–Trinajstić information content (AvgIpc) is 2.71. The summed E-state index contributed by atoms with van der Waals surface area (Å²) in [4.78, 5) is 17.4. The molecule has 0 bridgehead atoms. The zero-order valence-electron chi connectivity index (χ0n) is 10.3. The molecule has 0 fully saturated rings. The molecule has 1 atom stereocenters. The molecule has 1 aromatic rings. The first-order chi connectivity index (χ1) is 8.20. The number of rotatable bonds is 4. The number of carbonyl (C=O) groups is 1. The Kier molecular flexibility index (Phi) is 6.01. The Morgan fingerprint density at radius 2 is 2.28 bits per heavy atom. The van der Waals surface area contributed by atoms with Gasteiger partial charge in [0.05, 0.1) is 12.3 Å². The van der Waals surface area contributed by atoms with Crippen LogP contribution in [0.4, 0.5) is 5.13 Å². The summed E-state index contributed by atoms with van der Waals surface area (Å²) in [5.74, 6) is -0.238. The second-order valence-electron chi connectivity index (χ2n) is 4.15. The van der Waals surface area contributed by atoms with Gasteiger partial charge < -0.3 is 15.8 Å². The van der Waals surface area contributed by atoms with Gasteiger partial charge >= 0.3 is 0 Å². The van der Waals surface area contributed by atoms with Gasteiger partial charge in [-0.05, 0) is 25.7 Å². The highest BCUT2D eigenvalue weighted by atomic mass is 35.5. The normalized spacial score (nSPS) is 15.4. The SMILES string of the molecule is COCC(N)C(=O)Nc1nc2c(s1)CCCC2.Cl. The van der Waals surface area contributed by atoms with E-state index in [4.69, 9.17) is 10.5 Å². The number of aryl methyl sites for hydroxylation is 2. The van der Waals surface area contributed by atoms with Crippen molar-refractivity contribution in [2.75, 3.05) is 19.0 Å². The Balaban J connectivity index is 0.00000162. The first kappa shape index (κ1) is 15.4. The fourth-order valence-electron chi connectivity index (χ4n) is 1.86. The molecule has 1 heterocycles. The van der Waals surface area contributed by atoms with Crippen molar-refractivity contribution < 1.29 is 9.53 Å². The number of hydrogen-bond acceptors (Lipinski definition) is 5. The molecule has 0 aliphatic heterocycles. The summed E-state index contributed by atoms with van der Waals surface area (Å²) in [6, 6.07) is -0.638. The number of nitrogens with zero attached hydrogens (tertiary/aromatic N) is 1. The van der Waals surface area contributed by atoms with Gasteiger partial charge in [-0.3, -0.25) is 4.79 Å². The summed E-state index contributed by atoms with van der Waals surface area (Å²) in [7, 11) is 1.52. The van der Waals surface area contributed by atoms with Gasteiger partial charge in [0, 0.05) is 12.0 Å². The molecule has 0 radical (unpaired) electrons. The van der Waals surface area contributed by atoms with Gasteiger partial charge in [-0.25, -0.2) is 4.98 Å². The Morgan fingerprint density at radius 1 is 1.56 bits per heavy atom. The topological polar surface area (TPSA) is 77.2 Å². The number of ether oxygens (including phenoxy) is 1. The van der Waals surface area contributed by atoms with Crippen molar-refractivity contribution in [2.45, 2.75) is 31.7 Å². The van der Waals surface area contributed by atoms with Crippen LogP contribution in [0.5, 0.6) is 0 Å². The molecular formula is C11H18ClN3O2S. The van der Waals surface area contributed by atoms with E-state index >= 15 is 0 Å². The lowest BCUT2D eigenvalue weighted by atomic mass is 10.0. The third-order valence-electron chi connectivity index (χ3n) is 2.76. The minimum absolute atomic E-state index is 0. The van der Waals surface area contributed by atoms with Gasteiger partial charge in [-0.15, -0.1) is 23.7 Å². The van der Waals surface area contributed by atoms with Gasteiger partial charge in [0.25, 0.3) is 0 Å². The highest BCUT2D eigenvalue weighted by Crippen LogP contribution is 2.29. The maximum Gasteiger partial charge on any atom is 0.245 e. The lowest BCUT2D eigenvalue weighted by Gasteiger charge is -2.08. The zero-order valence-corrected chi connectivity index (χ0v) is 11.9. The number of aromatic nitrogens is 1. The number of amides is 1. The van der Waals surface area contributed by atoms with Crippen LogP contribution in [0.2, 0.25) is 0 Å². The largest absolute Gasteiger partial charge is 0.383 e. The van der Waals surface area contributed by atoms with Crippen molar-refractivity contribution in [2.24, 2.45) is 5.73 Å². The maximum absolute atomic E-state index is 11.7. The van der Waals surface area contributed by atoms with Gasteiger partial charge in [-0.2, -0.15) is 0 Å². The van der Waals surface area contributed by atoms with Gasteiger partial charge in [0.2, 0.25) is 5.91 Å². The molecular weight excluding hydrogens is 274 g/mol. The summed E-state index contributed by atoms with van der Waals surface area (Å²) in [6.07, 6.45) is 4.50. The third-order valence-corrected chi connectivity index (χ3v) is 3.83. The molecule has 5 nitrogen and oxygen atoms in total. The van der Waals surface area contributed by atoms with E-state index in [9.17, 15) is 4.79 Å². The summed E-state index contributed by atoms with van der Waals surface area (Å²) in [6.45, 7) is 0.219. The van der Waals surface area contributed by atoms with E-state index in [1.165, 1.54) is 24.8 Å². The molecule has 2 rings (SSSR count).